The first-order valence-electron chi connectivity index (χ1n) is 8.69. The van der Waals surface area contributed by atoms with Crippen molar-refractivity contribution < 1.29 is 14.3 Å². The molecule has 4 rings (SSSR count). The number of fused-ring (bicyclic) bond motifs is 1. The number of amides is 1. The predicted octanol–water partition coefficient (Wildman–Crippen LogP) is 0.334. The van der Waals surface area contributed by atoms with Gasteiger partial charge in [0.2, 0.25) is 0 Å². The lowest BCUT2D eigenvalue weighted by atomic mass is 9.89. The largest absolute Gasteiger partial charge is 0.484 e. The van der Waals surface area contributed by atoms with Gasteiger partial charge < -0.3 is 9.64 Å². The van der Waals surface area contributed by atoms with Crippen LogP contribution < -0.4 is 16.0 Å². The van der Waals surface area contributed by atoms with Crippen LogP contribution in [-0.2, 0) is 14.1 Å². The van der Waals surface area contributed by atoms with E-state index >= 15 is 0 Å². The molecule has 1 amide bonds. The molecule has 2 aliphatic heterocycles. The fourth-order valence-electron chi connectivity index (χ4n) is 3.79. The zero-order valence-electron chi connectivity index (χ0n) is 15.1. The van der Waals surface area contributed by atoms with Gasteiger partial charge in [0.05, 0.1) is 18.5 Å². The lowest BCUT2D eigenvalue weighted by Gasteiger charge is -2.34. The third-order valence-electron chi connectivity index (χ3n) is 5.35. The maximum Gasteiger partial charge on any atom is 0.331 e. The summed E-state index contributed by atoms with van der Waals surface area (Å²) in [5.74, 6) is 0.107. The van der Waals surface area contributed by atoms with Gasteiger partial charge in [-0.2, -0.15) is 0 Å². The molecule has 0 N–H and O–H groups in total. The number of para-hydroxylation sites is 1. The average Bonchev–Trinajstić information content (AvgIpc) is 3.05. The van der Waals surface area contributed by atoms with E-state index in [1.54, 1.807) is 24.3 Å². The molecule has 0 unspecified atom stereocenters. The minimum absolute atomic E-state index is 0.00729. The Kier molecular flexibility index (Phi) is 3.80. The first-order valence-corrected chi connectivity index (χ1v) is 8.69. The van der Waals surface area contributed by atoms with Gasteiger partial charge in [-0.1, -0.05) is 12.1 Å². The number of hydrogen-bond donors (Lipinski definition) is 0. The fraction of sp³-hybridized carbons (Fsp3) is 0.368. The molecule has 1 fully saturated rings. The predicted molar refractivity (Wildman–Crippen MR) is 96.2 cm³/mol. The van der Waals surface area contributed by atoms with Gasteiger partial charge in [0, 0.05) is 33.1 Å². The summed E-state index contributed by atoms with van der Waals surface area (Å²) < 4.78 is 8.22. The van der Waals surface area contributed by atoms with Gasteiger partial charge >= 0.3 is 5.69 Å². The number of rotatable bonds is 1. The monoisotopic (exact) mass is 369 g/mol. The molecule has 0 aliphatic carbocycles. The van der Waals surface area contributed by atoms with Crippen molar-refractivity contribution in [2.75, 3.05) is 13.1 Å². The Balaban J connectivity index is 1.63. The highest BCUT2D eigenvalue weighted by Crippen LogP contribution is 2.38. The summed E-state index contributed by atoms with van der Waals surface area (Å²) in [6, 6.07) is 8.25. The number of carbonyl (C=O) groups is 2. The van der Waals surface area contributed by atoms with E-state index in [1.807, 2.05) is 0 Å². The Bertz CT molecular complexity index is 1080. The minimum Gasteiger partial charge on any atom is -0.484 e. The van der Waals surface area contributed by atoms with E-state index in [1.165, 1.54) is 19.0 Å². The third kappa shape index (κ3) is 2.68. The van der Waals surface area contributed by atoms with Gasteiger partial charge in [0.1, 0.15) is 17.0 Å². The molecule has 1 aromatic heterocycles. The summed E-state index contributed by atoms with van der Waals surface area (Å²) in [5, 5.41) is 0. The molecule has 0 bridgehead atoms. The molecular formula is C19H19N3O5. The van der Waals surface area contributed by atoms with Gasteiger partial charge in [-0.05, 0) is 12.1 Å². The van der Waals surface area contributed by atoms with Crippen LogP contribution in [0.4, 0.5) is 0 Å². The molecule has 140 valence electrons. The Morgan fingerprint density at radius 3 is 2.63 bits per heavy atom. The zero-order valence-corrected chi connectivity index (χ0v) is 15.1. The second kappa shape index (κ2) is 5.94. The van der Waals surface area contributed by atoms with E-state index in [0.29, 0.717) is 24.3 Å². The van der Waals surface area contributed by atoms with Crippen LogP contribution in [0.25, 0.3) is 0 Å². The second-order valence-corrected chi connectivity index (χ2v) is 7.13. The number of carbonyl (C=O) groups excluding carboxylic acids is 2. The molecule has 1 atom stereocenters. The Morgan fingerprint density at radius 2 is 1.85 bits per heavy atom. The highest BCUT2D eigenvalue weighted by atomic mass is 16.5. The van der Waals surface area contributed by atoms with Crippen LogP contribution in [0.3, 0.4) is 0 Å². The van der Waals surface area contributed by atoms with E-state index in [9.17, 15) is 19.2 Å². The van der Waals surface area contributed by atoms with Gasteiger partial charge in [-0.15, -0.1) is 0 Å². The highest BCUT2D eigenvalue weighted by Gasteiger charge is 2.47. The molecule has 2 aliphatic rings. The van der Waals surface area contributed by atoms with Crippen molar-refractivity contribution in [1.29, 1.82) is 0 Å². The number of hydrogen-bond acceptors (Lipinski definition) is 5. The summed E-state index contributed by atoms with van der Waals surface area (Å²) in [5.41, 5.74) is -1.27. The second-order valence-electron chi connectivity index (χ2n) is 7.13. The van der Waals surface area contributed by atoms with Crippen molar-refractivity contribution in [2.45, 2.75) is 18.4 Å². The maximum atomic E-state index is 12.9. The minimum atomic E-state index is -0.764. The molecule has 1 aromatic carbocycles. The van der Waals surface area contributed by atoms with E-state index in [2.05, 4.69) is 0 Å². The van der Waals surface area contributed by atoms with Crippen molar-refractivity contribution in [3.8, 4) is 5.75 Å². The number of ketones is 1. The van der Waals surface area contributed by atoms with E-state index in [0.717, 1.165) is 15.2 Å². The van der Waals surface area contributed by atoms with Crippen LogP contribution in [0.2, 0.25) is 0 Å². The smallest absolute Gasteiger partial charge is 0.331 e. The maximum absolute atomic E-state index is 12.9. The number of nitrogens with zero attached hydrogens (tertiary/aromatic N) is 3. The standard InChI is InChI=1S/C19H19N3O5/c1-20-13(9-16(24)21(2)18(20)26)17(25)22-8-7-19(11-22)10-14(23)12-5-3-4-6-15(12)27-19/h3-6,9H,7-8,10-11H2,1-2H3/t19-/m1/s1. The molecular weight excluding hydrogens is 350 g/mol. The van der Waals surface area contributed by atoms with Gasteiger partial charge in [-0.25, -0.2) is 4.79 Å². The van der Waals surface area contributed by atoms with E-state index in [4.69, 9.17) is 4.74 Å². The third-order valence-corrected chi connectivity index (χ3v) is 5.35. The number of Topliss-reactive ketones (excluding diaryl/α,β-unsaturated/α-hetero) is 1. The molecule has 3 heterocycles. The summed E-state index contributed by atoms with van der Waals surface area (Å²) in [6.45, 7) is 0.618. The number of benzene rings is 1. The highest BCUT2D eigenvalue weighted by molar-refractivity contribution is 6.00. The first kappa shape index (κ1) is 17.3. The fourth-order valence-corrected chi connectivity index (χ4v) is 3.79. The van der Waals surface area contributed by atoms with Crippen LogP contribution in [-0.4, -0.2) is 44.4 Å². The number of aromatic nitrogens is 2. The lowest BCUT2D eigenvalue weighted by molar-refractivity contribution is 0.0426. The average molecular weight is 369 g/mol. The SMILES string of the molecule is Cn1c(C(=O)N2CC[C@@]3(CC(=O)c4ccccc4O3)C2)cc(=O)n(C)c1=O. The summed E-state index contributed by atoms with van der Waals surface area (Å²) in [4.78, 5) is 51.0. The molecule has 8 nitrogen and oxygen atoms in total. The molecule has 2 aromatic rings. The van der Waals surface area contributed by atoms with Crippen LogP contribution >= 0.6 is 0 Å². The van der Waals surface area contributed by atoms with Gasteiger partial charge in [0.25, 0.3) is 11.5 Å². The Morgan fingerprint density at radius 1 is 1.11 bits per heavy atom. The molecule has 27 heavy (non-hydrogen) atoms. The van der Waals surface area contributed by atoms with E-state index in [-0.39, 0.29) is 24.4 Å². The van der Waals surface area contributed by atoms with Crippen LogP contribution in [0.1, 0.15) is 33.7 Å². The van der Waals surface area contributed by atoms with Crippen LogP contribution in [0, 0.1) is 0 Å². The number of ether oxygens (including phenoxy) is 1. The Labute approximate surface area is 154 Å². The molecule has 1 saturated heterocycles. The van der Waals surface area contributed by atoms with Crippen molar-refractivity contribution in [3.63, 3.8) is 0 Å². The van der Waals surface area contributed by atoms with Crippen molar-refractivity contribution in [2.24, 2.45) is 14.1 Å². The van der Waals surface area contributed by atoms with Crippen LogP contribution in [0.15, 0.2) is 39.9 Å². The summed E-state index contributed by atoms with van der Waals surface area (Å²) in [6.07, 6.45) is 0.709. The quantitative estimate of drug-likeness (QED) is 0.723. The van der Waals surface area contributed by atoms with Crippen molar-refractivity contribution in [1.82, 2.24) is 14.0 Å². The first-order chi connectivity index (χ1) is 12.8. The molecule has 8 heteroatoms. The van der Waals surface area contributed by atoms with E-state index < -0.39 is 22.8 Å². The molecule has 0 radical (unpaired) electrons. The van der Waals surface area contributed by atoms with Gasteiger partial charge in [-0.3, -0.25) is 23.5 Å². The summed E-state index contributed by atoms with van der Waals surface area (Å²) in [7, 11) is 2.82. The zero-order chi connectivity index (χ0) is 19.3. The normalized spacial score (nSPS) is 21.3. The number of likely N-dealkylation sites (tertiary alicyclic amines) is 1. The topological polar surface area (TPSA) is 90.6 Å². The molecule has 0 saturated carbocycles. The van der Waals surface area contributed by atoms with Gasteiger partial charge in [0.15, 0.2) is 5.78 Å². The summed E-state index contributed by atoms with van der Waals surface area (Å²) >= 11 is 0. The van der Waals surface area contributed by atoms with Crippen molar-refractivity contribution >= 4 is 11.7 Å². The lowest BCUT2D eigenvalue weighted by Crippen LogP contribution is -2.46. The van der Waals surface area contributed by atoms with Crippen molar-refractivity contribution in [3.05, 3.63) is 62.4 Å². The van der Waals surface area contributed by atoms with Crippen LogP contribution in [0.5, 0.6) is 5.75 Å². The molecule has 1 spiro atoms. The Hall–Kier alpha value is -3.16.